The van der Waals surface area contributed by atoms with Gasteiger partial charge in [-0.25, -0.2) is 0 Å². The maximum Gasteiger partial charge on any atom is 0.0445 e. The van der Waals surface area contributed by atoms with Gasteiger partial charge in [0, 0.05) is 22.5 Å². The molecule has 1 aliphatic rings. The van der Waals surface area contributed by atoms with E-state index in [4.69, 9.17) is 11.6 Å². The second-order valence-electron chi connectivity index (χ2n) is 4.77. The van der Waals surface area contributed by atoms with Crippen molar-refractivity contribution >= 4 is 22.9 Å². The molecule has 3 rings (SSSR count). The molecule has 3 heteroatoms. The van der Waals surface area contributed by atoms with E-state index in [1.807, 2.05) is 23.5 Å². The maximum atomic E-state index is 6.05. The molecule has 0 N–H and O–H groups in total. The molecular formula is C15H16ClNS. The van der Waals surface area contributed by atoms with Crippen LogP contribution in [0.1, 0.15) is 29.3 Å². The van der Waals surface area contributed by atoms with E-state index in [0.29, 0.717) is 6.04 Å². The first kappa shape index (κ1) is 12.2. The number of nitrogens with zero attached hydrogens (tertiary/aromatic N) is 1. The predicted molar refractivity (Wildman–Crippen MR) is 78.2 cm³/mol. The number of thiophene rings is 1. The van der Waals surface area contributed by atoms with Crippen LogP contribution in [0.5, 0.6) is 0 Å². The fourth-order valence-corrected chi connectivity index (χ4v) is 3.80. The highest BCUT2D eigenvalue weighted by atomic mass is 35.5. The summed E-state index contributed by atoms with van der Waals surface area (Å²) in [5.41, 5.74) is 1.31. The van der Waals surface area contributed by atoms with Gasteiger partial charge in [0.05, 0.1) is 0 Å². The van der Waals surface area contributed by atoms with Crippen molar-refractivity contribution in [1.82, 2.24) is 4.90 Å². The maximum absolute atomic E-state index is 6.05. The molecule has 1 aliphatic heterocycles. The van der Waals surface area contributed by atoms with Crippen LogP contribution in [-0.4, -0.2) is 11.4 Å². The zero-order valence-electron chi connectivity index (χ0n) is 10.2. The lowest BCUT2D eigenvalue weighted by molar-refractivity contribution is 0.251. The molecule has 0 amide bonds. The number of benzene rings is 1. The zero-order chi connectivity index (χ0) is 12.4. The fourth-order valence-electron chi connectivity index (χ4n) is 2.69. The van der Waals surface area contributed by atoms with Gasteiger partial charge < -0.3 is 0 Å². The predicted octanol–water partition coefficient (Wildman–Crippen LogP) is 4.74. The Bertz CT molecular complexity index is 509. The van der Waals surface area contributed by atoms with Crippen LogP contribution < -0.4 is 0 Å². The molecule has 1 atom stereocenters. The first-order valence-corrected chi connectivity index (χ1v) is 7.60. The highest BCUT2D eigenvalue weighted by molar-refractivity contribution is 7.10. The van der Waals surface area contributed by atoms with Crippen molar-refractivity contribution in [3.8, 4) is 0 Å². The highest BCUT2D eigenvalue weighted by Gasteiger charge is 2.26. The van der Waals surface area contributed by atoms with E-state index in [1.165, 1.54) is 29.8 Å². The number of hydrogen-bond donors (Lipinski definition) is 0. The topological polar surface area (TPSA) is 3.24 Å². The standard InChI is InChI=1S/C15H16ClNS/c16-13-5-1-4-12(10-13)11-17-8-2-6-14(17)15-7-3-9-18-15/h1,3-5,7,9-10,14H,2,6,8,11H2. The first-order valence-electron chi connectivity index (χ1n) is 6.35. The summed E-state index contributed by atoms with van der Waals surface area (Å²) < 4.78 is 0. The van der Waals surface area contributed by atoms with Gasteiger partial charge >= 0.3 is 0 Å². The second-order valence-corrected chi connectivity index (χ2v) is 6.19. The smallest absolute Gasteiger partial charge is 0.0445 e. The van der Waals surface area contributed by atoms with E-state index in [2.05, 4.69) is 34.5 Å². The molecule has 18 heavy (non-hydrogen) atoms. The second kappa shape index (κ2) is 5.43. The molecule has 1 unspecified atom stereocenters. The first-order chi connectivity index (χ1) is 8.83. The summed E-state index contributed by atoms with van der Waals surface area (Å²) in [6.07, 6.45) is 2.57. The summed E-state index contributed by atoms with van der Waals surface area (Å²) in [6.45, 7) is 2.19. The van der Waals surface area contributed by atoms with Crippen LogP contribution in [0.4, 0.5) is 0 Å². The quantitative estimate of drug-likeness (QED) is 0.783. The van der Waals surface area contributed by atoms with E-state index < -0.39 is 0 Å². The van der Waals surface area contributed by atoms with Crippen molar-refractivity contribution in [2.24, 2.45) is 0 Å². The number of rotatable bonds is 3. The Morgan fingerprint density at radius 3 is 3.00 bits per heavy atom. The Hall–Kier alpha value is -0.830. The van der Waals surface area contributed by atoms with Gasteiger partial charge in [-0.1, -0.05) is 29.8 Å². The van der Waals surface area contributed by atoms with E-state index in [1.54, 1.807) is 0 Å². The molecule has 0 radical (unpaired) electrons. The van der Waals surface area contributed by atoms with Crippen LogP contribution in [0.3, 0.4) is 0 Å². The largest absolute Gasteiger partial charge is 0.291 e. The van der Waals surface area contributed by atoms with E-state index in [-0.39, 0.29) is 0 Å². The van der Waals surface area contributed by atoms with Gasteiger partial charge in [0.1, 0.15) is 0 Å². The molecule has 2 heterocycles. The Labute approximate surface area is 117 Å². The van der Waals surface area contributed by atoms with Crippen LogP contribution >= 0.6 is 22.9 Å². The average molecular weight is 278 g/mol. The van der Waals surface area contributed by atoms with Crippen LogP contribution in [0.15, 0.2) is 41.8 Å². The summed E-state index contributed by atoms with van der Waals surface area (Å²) in [7, 11) is 0. The molecule has 1 nitrogen and oxygen atoms in total. The number of hydrogen-bond acceptors (Lipinski definition) is 2. The summed E-state index contributed by atoms with van der Waals surface area (Å²) in [6, 6.07) is 13.2. The third kappa shape index (κ3) is 2.61. The van der Waals surface area contributed by atoms with Crippen molar-refractivity contribution in [2.45, 2.75) is 25.4 Å². The molecule has 1 aromatic heterocycles. The lowest BCUT2D eigenvalue weighted by atomic mass is 10.1. The molecule has 1 fully saturated rings. The van der Waals surface area contributed by atoms with Crippen molar-refractivity contribution in [3.63, 3.8) is 0 Å². The third-order valence-electron chi connectivity index (χ3n) is 3.51. The Morgan fingerprint density at radius 2 is 2.22 bits per heavy atom. The van der Waals surface area contributed by atoms with Crippen LogP contribution in [0, 0.1) is 0 Å². The van der Waals surface area contributed by atoms with Gasteiger partial charge in [0.25, 0.3) is 0 Å². The van der Waals surface area contributed by atoms with E-state index >= 15 is 0 Å². The molecular weight excluding hydrogens is 262 g/mol. The third-order valence-corrected chi connectivity index (χ3v) is 4.72. The van der Waals surface area contributed by atoms with Gasteiger partial charge in [0.2, 0.25) is 0 Å². The SMILES string of the molecule is Clc1cccc(CN2CCCC2c2cccs2)c1. The van der Waals surface area contributed by atoms with Gasteiger partial charge in [-0.15, -0.1) is 11.3 Å². The van der Waals surface area contributed by atoms with Crippen molar-refractivity contribution < 1.29 is 0 Å². The minimum atomic E-state index is 0.601. The normalized spacial score (nSPS) is 20.4. The molecule has 0 aliphatic carbocycles. The Morgan fingerprint density at radius 1 is 1.28 bits per heavy atom. The minimum Gasteiger partial charge on any atom is -0.291 e. The highest BCUT2D eigenvalue weighted by Crippen LogP contribution is 2.35. The van der Waals surface area contributed by atoms with E-state index in [0.717, 1.165) is 11.6 Å². The van der Waals surface area contributed by atoms with E-state index in [9.17, 15) is 0 Å². The van der Waals surface area contributed by atoms with Crippen LogP contribution in [-0.2, 0) is 6.54 Å². The summed E-state index contributed by atoms with van der Waals surface area (Å²) in [5.74, 6) is 0. The summed E-state index contributed by atoms with van der Waals surface area (Å²) in [4.78, 5) is 4.06. The molecule has 1 aromatic carbocycles. The lowest BCUT2D eigenvalue weighted by Crippen LogP contribution is -2.22. The number of halogens is 1. The van der Waals surface area contributed by atoms with Gasteiger partial charge in [-0.3, -0.25) is 4.90 Å². The zero-order valence-corrected chi connectivity index (χ0v) is 11.8. The Balaban J connectivity index is 1.76. The van der Waals surface area contributed by atoms with Gasteiger partial charge in [0.15, 0.2) is 0 Å². The molecule has 1 saturated heterocycles. The minimum absolute atomic E-state index is 0.601. The summed E-state index contributed by atoms with van der Waals surface area (Å²) >= 11 is 7.92. The molecule has 0 saturated carbocycles. The average Bonchev–Trinajstić information content (AvgIpc) is 2.98. The molecule has 0 bridgehead atoms. The van der Waals surface area contributed by atoms with Crippen molar-refractivity contribution in [2.75, 3.05) is 6.54 Å². The molecule has 94 valence electrons. The molecule has 0 spiro atoms. The molecule has 2 aromatic rings. The summed E-state index contributed by atoms with van der Waals surface area (Å²) in [5, 5.41) is 3.00. The number of likely N-dealkylation sites (tertiary alicyclic amines) is 1. The fraction of sp³-hybridized carbons (Fsp3) is 0.333. The van der Waals surface area contributed by atoms with Crippen molar-refractivity contribution in [3.05, 3.63) is 57.2 Å². The van der Waals surface area contributed by atoms with Crippen LogP contribution in [0.25, 0.3) is 0 Å². The monoisotopic (exact) mass is 277 g/mol. The Kier molecular flexibility index (Phi) is 3.69. The lowest BCUT2D eigenvalue weighted by Gasteiger charge is -2.23. The van der Waals surface area contributed by atoms with Gasteiger partial charge in [-0.05, 0) is 48.5 Å². The van der Waals surface area contributed by atoms with Crippen LogP contribution in [0.2, 0.25) is 5.02 Å². The van der Waals surface area contributed by atoms with Gasteiger partial charge in [-0.2, -0.15) is 0 Å². The van der Waals surface area contributed by atoms with Crippen molar-refractivity contribution in [1.29, 1.82) is 0 Å².